The molecule has 2 aromatic rings. The number of aliphatic hydroxyl groups excluding tert-OH is 1. The molecule has 4 rings (SSSR count). The first-order chi connectivity index (χ1) is 12.7. The Labute approximate surface area is 160 Å². The van der Waals surface area contributed by atoms with Gasteiger partial charge in [-0.2, -0.15) is 0 Å². The Kier molecular flexibility index (Phi) is 5.48. The van der Waals surface area contributed by atoms with Crippen LogP contribution in [0.1, 0.15) is 49.0 Å². The molecule has 4 nitrogen and oxygen atoms in total. The van der Waals surface area contributed by atoms with Crippen LogP contribution in [0.3, 0.4) is 0 Å². The minimum Gasteiger partial charge on any atom is -0.474 e. The van der Waals surface area contributed by atoms with Gasteiger partial charge in [-0.3, -0.25) is 0 Å². The first-order valence-electron chi connectivity index (χ1n) is 9.99. The first kappa shape index (κ1) is 18.2. The van der Waals surface area contributed by atoms with E-state index in [0.717, 1.165) is 38.0 Å². The molecule has 0 bridgehead atoms. The molecule has 0 radical (unpaired) electrons. The number of hydrogen-bond donors (Lipinski definition) is 1. The van der Waals surface area contributed by atoms with Gasteiger partial charge in [0, 0.05) is 28.4 Å². The number of rotatable bonds is 5. The maximum absolute atomic E-state index is 9.32. The smallest absolute Gasteiger partial charge is 0.222 e. The number of hydrogen-bond acceptors (Lipinski definition) is 5. The summed E-state index contributed by atoms with van der Waals surface area (Å²) in [6, 6.07) is 2.82. The molecule has 0 aromatic carbocycles. The molecule has 0 amide bonds. The van der Waals surface area contributed by atoms with E-state index >= 15 is 0 Å². The van der Waals surface area contributed by atoms with Crippen LogP contribution >= 0.6 is 11.3 Å². The van der Waals surface area contributed by atoms with Gasteiger partial charge >= 0.3 is 0 Å². The highest BCUT2D eigenvalue weighted by atomic mass is 32.1. The van der Waals surface area contributed by atoms with Gasteiger partial charge in [0.15, 0.2) is 0 Å². The molecule has 142 valence electrons. The van der Waals surface area contributed by atoms with E-state index in [2.05, 4.69) is 30.0 Å². The predicted octanol–water partition coefficient (Wildman–Crippen LogP) is 4.04. The van der Waals surface area contributed by atoms with Gasteiger partial charge in [0.1, 0.15) is 6.10 Å². The molecule has 1 atom stereocenters. The number of aromatic nitrogens is 1. The summed E-state index contributed by atoms with van der Waals surface area (Å²) < 4.78 is 7.76. The molecular formula is C21H30N2O2S. The van der Waals surface area contributed by atoms with Crippen molar-refractivity contribution in [1.29, 1.82) is 0 Å². The lowest BCUT2D eigenvalue weighted by Gasteiger charge is -2.32. The minimum atomic E-state index is 0.289. The maximum Gasteiger partial charge on any atom is 0.222 e. The Balaban J connectivity index is 1.56. The monoisotopic (exact) mass is 374 g/mol. The third kappa shape index (κ3) is 3.62. The molecule has 1 saturated carbocycles. The van der Waals surface area contributed by atoms with Gasteiger partial charge in [0.05, 0.1) is 5.39 Å². The summed E-state index contributed by atoms with van der Waals surface area (Å²) in [5, 5.41) is 10.6. The summed E-state index contributed by atoms with van der Waals surface area (Å²) in [7, 11) is 4.35. The van der Waals surface area contributed by atoms with Gasteiger partial charge in [0.2, 0.25) is 5.88 Å². The Morgan fingerprint density at radius 2 is 2.04 bits per heavy atom. The first-order valence-corrected chi connectivity index (χ1v) is 10.8. The normalized spacial score (nSPS) is 26.2. The summed E-state index contributed by atoms with van der Waals surface area (Å²) in [4.78, 5) is 8.47. The van der Waals surface area contributed by atoms with Crippen LogP contribution < -0.4 is 4.74 Å². The van der Waals surface area contributed by atoms with Gasteiger partial charge in [-0.25, -0.2) is 4.98 Å². The second-order valence-corrected chi connectivity index (χ2v) is 9.26. The van der Waals surface area contributed by atoms with Gasteiger partial charge in [-0.1, -0.05) is 0 Å². The van der Waals surface area contributed by atoms with E-state index in [9.17, 15) is 5.11 Å². The SMILES string of the molecule is CN(C)[C@H]1CC[C@H](Oc2nccc3sc4c(c23)C[C@H](CCO)CC4)CC1. The average Bonchev–Trinajstić information content (AvgIpc) is 3.01. The fourth-order valence-electron chi connectivity index (χ4n) is 4.62. The van der Waals surface area contributed by atoms with Crippen LogP contribution in [-0.4, -0.2) is 47.8 Å². The second kappa shape index (κ2) is 7.83. The predicted molar refractivity (Wildman–Crippen MR) is 107 cm³/mol. The fourth-order valence-corrected chi connectivity index (χ4v) is 5.86. The molecule has 5 heteroatoms. The lowest BCUT2D eigenvalue weighted by Crippen LogP contribution is -2.35. The number of pyridine rings is 1. The standard InChI is InChI=1S/C21H30N2O2S/c1-23(2)15-4-6-16(7-5-15)25-21-20-17-13-14(10-12-24)3-8-18(17)26-19(20)9-11-22-21/h9,11,14-16,24H,3-8,10,12-13H2,1-2H3/t14-,15-,16-/m0/s1. The third-order valence-electron chi connectivity index (χ3n) is 6.21. The highest BCUT2D eigenvalue weighted by molar-refractivity contribution is 7.19. The fraction of sp³-hybridized carbons (Fsp3) is 0.667. The number of aliphatic hydroxyl groups is 1. The van der Waals surface area contributed by atoms with Gasteiger partial charge in [0.25, 0.3) is 0 Å². The van der Waals surface area contributed by atoms with Crippen LogP contribution in [0.15, 0.2) is 12.3 Å². The van der Waals surface area contributed by atoms with Crippen LogP contribution in [0.5, 0.6) is 5.88 Å². The van der Waals surface area contributed by atoms with E-state index in [1.165, 1.54) is 39.8 Å². The number of ether oxygens (including phenoxy) is 1. The Bertz CT molecular complexity index is 750. The Hall–Kier alpha value is -1.17. The average molecular weight is 375 g/mol. The van der Waals surface area contributed by atoms with Crippen molar-refractivity contribution in [2.24, 2.45) is 5.92 Å². The summed E-state index contributed by atoms with van der Waals surface area (Å²) in [6.45, 7) is 0.290. The van der Waals surface area contributed by atoms with Gasteiger partial charge in [-0.05, 0) is 83.0 Å². The molecule has 0 unspecified atom stereocenters. The van der Waals surface area contributed by atoms with Crippen LogP contribution in [0.25, 0.3) is 10.1 Å². The van der Waals surface area contributed by atoms with E-state index in [1.807, 2.05) is 17.5 Å². The molecule has 0 aliphatic heterocycles. The zero-order chi connectivity index (χ0) is 18.1. The molecule has 2 aliphatic carbocycles. The van der Waals surface area contributed by atoms with E-state index in [-0.39, 0.29) is 6.10 Å². The number of aryl methyl sites for hydroxylation is 1. The number of nitrogens with zero attached hydrogens (tertiary/aromatic N) is 2. The van der Waals surface area contributed by atoms with Crippen LogP contribution in [0.2, 0.25) is 0 Å². The zero-order valence-electron chi connectivity index (χ0n) is 15.9. The zero-order valence-corrected chi connectivity index (χ0v) is 16.7. The number of thiophene rings is 1. The minimum absolute atomic E-state index is 0.289. The Morgan fingerprint density at radius 1 is 1.23 bits per heavy atom. The quantitative estimate of drug-likeness (QED) is 0.858. The van der Waals surface area contributed by atoms with E-state index in [1.54, 1.807) is 0 Å². The van der Waals surface area contributed by atoms with Crippen molar-refractivity contribution in [3.63, 3.8) is 0 Å². The van der Waals surface area contributed by atoms with Crippen molar-refractivity contribution in [3.8, 4) is 5.88 Å². The van der Waals surface area contributed by atoms with Crippen LogP contribution in [0.4, 0.5) is 0 Å². The van der Waals surface area contributed by atoms with Crippen LogP contribution in [0, 0.1) is 5.92 Å². The highest BCUT2D eigenvalue weighted by Crippen LogP contribution is 2.42. The summed E-state index contributed by atoms with van der Waals surface area (Å²) in [6.07, 6.45) is 11.1. The Morgan fingerprint density at radius 3 is 2.77 bits per heavy atom. The molecule has 2 aromatic heterocycles. The largest absolute Gasteiger partial charge is 0.474 e. The van der Waals surface area contributed by atoms with Crippen molar-refractivity contribution in [2.45, 2.75) is 63.5 Å². The summed E-state index contributed by atoms with van der Waals surface area (Å²) >= 11 is 1.91. The molecule has 2 aliphatic rings. The lowest BCUT2D eigenvalue weighted by molar-refractivity contribution is 0.108. The molecule has 1 fully saturated rings. The van der Waals surface area contributed by atoms with Crippen molar-refractivity contribution < 1.29 is 9.84 Å². The van der Waals surface area contributed by atoms with Crippen LogP contribution in [-0.2, 0) is 12.8 Å². The van der Waals surface area contributed by atoms with Crippen molar-refractivity contribution >= 4 is 21.4 Å². The summed E-state index contributed by atoms with van der Waals surface area (Å²) in [5.41, 5.74) is 1.44. The molecule has 0 saturated heterocycles. The molecular weight excluding hydrogens is 344 g/mol. The van der Waals surface area contributed by atoms with Gasteiger partial charge < -0.3 is 14.7 Å². The van der Waals surface area contributed by atoms with Gasteiger partial charge in [-0.15, -0.1) is 11.3 Å². The molecule has 0 spiro atoms. The topological polar surface area (TPSA) is 45.6 Å². The molecule has 1 N–H and O–H groups in total. The van der Waals surface area contributed by atoms with E-state index < -0.39 is 0 Å². The summed E-state index contributed by atoms with van der Waals surface area (Å²) in [5.74, 6) is 1.44. The van der Waals surface area contributed by atoms with E-state index in [0.29, 0.717) is 18.6 Å². The molecule has 26 heavy (non-hydrogen) atoms. The maximum atomic E-state index is 9.32. The van der Waals surface area contributed by atoms with E-state index in [4.69, 9.17) is 4.74 Å². The van der Waals surface area contributed by atoms with Crippen molar-refractivity contribution in [2.75, 3.05) is 20.7 Å². The number of fused-ring (bicyclic) bond motifs is 3. The highest BCUT2D eigenvalue weighted by Gasteiger charge is 2.27. The third-order valence-corrected chi connectivity index (χ3v) is 7.47. The lowest BCUT2D eigenvalue weighted by atomic mass is 9.85. The second-order valence-electron chi connectivity index (χ2n) is 8.13. The molecule has 2 heterocycles. The van der Waals surface area contributed by atoms with Crippen molar-refractivity contribution in [1.82, 2.24) is 9.88 Å². The van der Waals surface area contributed by atoms with Crippen molar-refractivity contribution in [3.05, 3.63) is 22.7 Å².